The molecule has 28 heavy (non-hydrogen) atoms. The lowest BCUT2D eigenvalue weighted by molar-refractivity contribution is -0.114. The summed E-state index contributed by atoms with van der Waals surface area (Å²) in [5.74, 6) is 0.736. The number of rotatable bonds is 6. The summed E-state index contributed by atoms with van der Waals surface area (Å²) in [5.41, 5.74) is 2.33. The van der Waals surface area contributed by atoms with Gasteiger partial charge in [-0.25, -0.2) is 9.37 Å². The third-order valence-corrected chi connectivity index (χ3v) is 4.37. The van der Waals surface area contributed by atoms with Gasteiger partial charge in [0.15, 0.2) is 0 Å². The van der Waals surface area contributed by atoms with Crippen LogP contribution in [0.15, 0.2) is 54.7 Å². The predicted molar refractivity (Wildman–Crippen MR) is 107 cm³/mol. The number of nitrogens with zero attached hydrogens (tertiary/aromatic N) is 3. The Kier molecular flexibility index (Phi) is 5.63. The zero-order valence-corrected chi connectivity index (χ0v) is 16.0. The number of benzene rings is 1. The number of carbonyl (C=O) groups is 1. The van der Waals surface area contributed by atoms with Gasteiger partial charge in [0.25, 0.3) is 0 Å². The summed E-state index contributed by atoms with van der Waals surface area (Å²) < 4.78 is 13.1. The number of halogens is 1. The molecule has 0 aliphatic rings. The lowest BCUT2D eigenvalue weighted by Crippen LogP contribution is -2.28. The van der Waals surface area contributed by atoms with Gasteiger partial charge in [0, 0.05) is 30.6 Å². The maximum Gasteiger partial charge on any atom is 0.222 e. The van der Waals surface area contributed by atoms with E-state index in [1.807, 2.05) is 18.2 Å². The van der Waals surface area contributed by atoms with Crippen molar-refractivity contribution in [1.29, 1.82) is 0 Å². The predicted octanol–water partition coefficient (Wildman–Crippen LogP) is 4.03. The molecule has 2 N–H and O–H groups in total. The summed E-state index contributed by atoms with van der Waals surface area (Å²) >= 11 is 0. The highest BCUT2D eigenvalue weighted by molar-refractivity contribution is 5.87. The molecule has 0 aliphatic carbocycles. The Bertz CT molecular complexity index is 938. The lowest BCUT2D eigenvalue weighted by atomic mass is 9.84. The Morgan fingerprint density at radius 3 is 2.29 bits per heavy atom. The van der Waals surface area contributed by atoms with Gasteiger partial charge in [0.2, 0.25) is 5.91 Å². The molecular weight excluding hydrogens is 357 g/mol. The van der Waals surface area contributed by atoms with Gasteiger partial charge in [-0.3, -0.25) is 4.79 Å². The van der Waals surface area contributed by atoms with Crippen LogP contribution in [0.1, 0.15) is 26.3 Å². The molecule has 0 saturated carbocycles. The van der Waals surface area contributed by atoms with Crippen LogP contribution < -0.4 is 10.6 Å². The second-order valence-electron chi connectivity index (χ2n) is 7.16. The SMILES string of the molecule is CC(=O)Nc1ccc(-c2ccc(NCC(C)(C)c3ccc(F)cc3)nn2)cn1. The van der Waals surface area contributed by atoms with E-state index >= 15 is 0 Å². The second-order valence-corrected chi connectivity index (χ2v) is 7.16. The van der Waals surface area contributed by atoms with Gasteiger partial charge in [-0.1, -0.05) is 26.0 Å². The van der Waals surface area contributed by atoms with E-state index < -0.39 is 0 Å². The summed E-state index contributed by atoms with van der Waals surface area (Å²) in [6, 6.07) is 13.8. The average molecular weight is 379 g/mol. The van der Waals surface area contributed by atoms with E-state index in [0.29, 0.717) is 23.9 Å². The molecular formula is C21H22FN5O. The van der Waals surface area contributed by atoms with Crippen molar-refractivity contribution in [2.24, 2.45) is 0 Å². The second kappa shape index (κ2) is 8.12. The first kappa shape index (κ1) is 19.4. The Morgan fingerprint density at radius 1 is 1.00 bits per heavy atom. The van der Waals surface area contributed by atoms with Crippen molar-refractivity contribution in [3.63, 3.8) is 0 Å². The van der Waals surface area contributed by atoms with E-state index in [0.717, 1.165) is 11.1 Å². The van der Waals surface area contributed by atoms with Crippen LogP contribution in [-0.4, -0.2) is 27.6 Å². The van der Waals surface area contributed by atoms with Crippen LogP contribution in [-0.2, 0) is 10.2 Å². The quantitative estimate of drug-likeness (QED) is 0.676. The van der Waals surface area contributed by atoms with Crippen LogP contribution in [0.2, 0.25) is 0 Å². The molecule has 3 rings (SSSR count). The third-order valence-electron chi connectivity index (χ3n) is 4.37. The van der Waals surface area contributed by atoms with Crippen LogP contribution in [0.25, 0.3) is 11.3 Å². The average Bonchev–Trinajstić information content (AvgIpc) is 2.67. The fraction of sp³-hybridized carbons (Fsp3) is 0.238. The van der Waals surface area contributed by atoms with Gasteiger partial charge >= 0.3 is 0 Å². The normalized spacial score (nSPS) is 11.1. The molecule has 0 bridgehead atoms. The molecule has 2 aromatic heterocycles. The first-order valence-corrected chi connectivity index (χ1v) is 8.91. The Hall–Kier alpha value is -3.35. The molecule has 0 fully saturated rings. The molecule has 0 radical (unpaired) electrons. The number of amides is 1. The van der Waals surface area contributed by atoms with Gasteiger partial charge < -0.3 is 10.6 Å². The summed E-state index contributed by atoms with van der Waals surface area (Å²) in [6.07, 6.45) is 1.64. The summed E-state index contributed by atoms with van der Waals surface area (Å²) in [7, 11) is 0. The highest BCUT2D eigenvalue weighted by atomic mass is 19.1. The molecule has 7 heteroatoms. The number of hydrogen-bond donors (Lipinski definition) is 2. The molecule has 0 unspecified atom stereocenters. The number of nitrogens with one attached hydrogen (secondary N) is 2. The van der Waals surface area contributed by atoms with E-state index in [1.165, 1.54) is 19.1 Å². The van der Waals surface area contributed by atoms with Gasteiger partial charge in [-0.05, 0) is 42.0 Å². The number of carbonyl (C=O) groups excluding carboxylic acids is 1. The minimum atomic E-state index is -0.242. The topological polar surface area (TPSA) is 79.8 Å². The van der Waals surface area contributed by atoms with Crippen molar-refractivity contribution in [3.8, 4) is 11.3 Å². The van der Waals surface area contributed by atoms with Crippen molar-refractivity contribution in [1.82, 2.24) is 15.2 Å². The minimum Gasteiger partial charge on any atom is -0.368 e. The van der Waals surface area contributed by atoms with E-state index in [-0.39, 0.29) is 17.1 Å². The van der Waals surface area contributed by atoms with Crippen molar-refractivity contribution in [3.05, 3.63) is 66.1 Å². The number of aromatic nitrogens is 3. The van der Waals surface area contributed by atoms with Crippen LogP contribution in [0.5, 0.6) is 0 Å². The first-order valence-electron chi connectivity index (χ1n) is 8.91. The van der Waals surface area contributed by atoms with Gasteiger partial charge in [0.05, 0.1) is 5.69 Å². The molecule has 0 spiro atoms. The van der Waals surface area contributed by atoms with Gasteiger partial charge in [-0.2, -0.15) is 0 Å². The maximum absolute atomic E-state index is 13.1. The molecule has 2 heterocycles. The monoisotopic (exact) mass is 379 g/mol. The number of pyridine rings is 1. The van der Waals surface area contributed by atoms with Crippen molar-refractivity contribution >= 4 is 17.5 Å². The molecule has 144 valence electrons. The van der Waals surface area contributed by atoms with Gasteiger partial charge in [-0.15, -0.1) is 10.2 Å². The van der Waals surface area contributed by atoms with Gasteiger partial charge in [0.1, 0.15) is 17.5 Å². The summed E-state index contributed by atoms with van der Waals surface area (Å²) in [4.78, 5) is 15.2. The molecule has 0 atom stereocenters. The van der Waals surface area contributed by atoms with Crippen LogP contribution in [0, 0.1) is 5.82 Å². The number of hydrogen-bond acceptors (Lipinski definition) is 5. The third kappa shape index (κ3) is 4.88. The highest BCUT2D eigenvalue weighted by Crippen LogP contribution is 2.24. The van der Waals surface area contributed by atoms with E-state index in [9.17, 15) is 9.18 Å². The Balaban J connectivity index is 1.64. The zero-order chi connectivity index (χ0) is 20.1. The maximum atomic E-state index is 13.1. The van der Waals surface area contributed by atoms with E-state index in [2.05, 4.69) is 39.7 Å². The van der Waals surface area contributed by atoms with E-state index in [4.69, 9.17) is 0 Å². The lowest BCUT2D eigenvalue weighted by Gasteiger charge is -2.25. The molecule has 3 aromatic rings. The first-order chi connectivity index (χ1) is 13.3. The van der Waals surface area contributed by atoms with Crippen LogP contribution in [0.4, 0.5) is 16.0 Å². The molecule has 0 saturated heterocycles. The molecule has 6 nitrogen and oxygen atoms in total. The fourth-order valence-corrected chi connectivity index (χ4v) is 2.69. The van der Waals surface area contributed by atoms with E-state index in [1.54, 1.807) is 24.4 Å². The molecule has 1 amide bonds. The zero-order valence-electron chi connectivity index (χ0n) is 16.0. The summed E-state index contributed by atoms with van der Waals surface area (Å²) in [5, 5.41) is 14.4. The summed E-state index contributed by atoms with van der Waals surface area (Å²) in [6.45, 7) is 6.22. The van der Waals surface area contributed by atoms with Crippen molar-refractivity contribution in [2.75, 3.05) is 17.2 Å². The molecule has 0 aliphatic heterocycles. The van der Waals surface area contributed by atoms with Crippen LogP contribution >= 0.6 is 0 Å². The van der Waals surface area contributed by atoms with Crippen LogP contribution in [0.3, 0.4) is 0 Å². The minimum absolute atomic E-state index is 0.168. The Morgan fingerprint density at radius 2 is 1.71 bits per heavy atom. The number of anilines is 2. The van der Waals surface area contributed by atoms with Crippen molar-refractivity contribution < 1.29 is 9.18 Å². The molecule has 1 aromatic carbocycles. The highest BCUT2D eigenvalue weighted by Gasteiger charge is 2.20. The Labute approximate surface area is 163 Å². The fourth-order valence-electron chi connectivity index (χ4n) is 2.69. The smallest absolute Gasteiger partial charge is 0.222 e. The standard InChI is InChI=1S/C21H22FN5O/c1-14(28)25-19-10-4-15(12-23-19)18-9-11-20(27-26-18)24-13-21(2,3)16-5-7-17(22)8-6-16/h4-12H,13H2,1-3H3,(H,24,27)(H,23,25,28). The largest absolute Gasteiger partial charge is 0.368 e. The van der Waals surface area contributed by atoms with Crippen molar-refractivity contribution in [2.45, 2.75) is 26.2 Å².